The van der Waals surface area contributed by atoms with E-state index >= 15 is 0 Å². The number of nitrogens with zero attached hydrogens (tertiary/aromatic N) is 2. The van der Waals surface area contributed by atoms with Gasteiger partial charge in [-0.2, -0.15) is 0 Å². The van der Waals surface area contributed by atoms with Crippen LogP contribution in [-0.2, 0) is 6.42 Å². The Bertz CT molecular complexity index is 1010. The number of hydrogen-bond acceptors (Lipinski definition) is 4. The maximum absolute atomic E-state index is 4.50. The Balaban J connectivity index is 1.78. The van der Waals surface area contributed by atoms with Gasteiger partial charge in [-0.05, 0) is 41.8 Å². The summed E-state index contributed by atoms with van der Waals surface area (Å²) in [5.41, 5.74) is 4.67. The molecule has 0 bridgehead atoms. The lowest BCUT2D eigenvalue weighted by Crippen LogP contribution is -1.95. The van der Waals surface area contributed by atoms with Gasteiger partial charge in [0, 0.05) is 21.1 Å². The van der Waals surface area contributed by atoms with Crippen LogP contribution in [0.15, 0.2) is 64.7 Å². The third kappa shape index (κ3) is 3.30. The van der Waals surface area contributed by atoms with Crippen molar-refractivity contribution in [1.29, 1.82) is 0 Å². The average Bonchev–Trinajstić information content (AvgIpc) is 3.08. The molecule has 0 fully saturated rings. The molecule has 0 saturated carbocycles. The molecule has 0 amide bonds. The van der Waals surface area contributed by atoms with Gasteiger partial charge in [0.1, 0.15) is 17.0 Å². The molecule has 2 heterocycles. The van der Waals surface area contributed by atoms with Gasteiger partial charge in [-0.3, -0.25) is 0 Å². The first-order valence-corrected chi connectivity index (χ1v) is 9.76. The van der Waals surface area contributed by atoms with E-state index in [1.807, 2.05) is 0 Å². The number of aryl methyl sites for hydroxylation is 1. The minimum atomic E-state index is 0.841. The highest BCUT2D eigenvalue weighted by molar-refractivity contribution is 9.10. The van der Waals surface area contributed by atoms with E-state index in [-0.39, 0.29) is 0 Å². The molecular weight excluding hydrogens is 394 g/mol. The summed E-state index contributed by atoms with van der Waals surface area (Å²) in [6.45, 7) is 2.16. The van der Waals surface area contributed by atoms with Crippen LogP contribution in [0.4, 0.5) is 11.5 Å². The largest absolute Gasteiger partial charge is 0.340 e. The van der Waals surface area contributed by atoms with Crippen LogP contribution in [0, 0.1) is 0 Å². The molecule has 0 atom stereocenters. The van der Waals surface area contributed by atoms with Crippen molar-refractivity contribution in [1.82, 2.24) is 9.97 Å². The van der Waals surface area contributed by atoms with Crippen molar-refractivity contribution in [3.05, 3.63) is 70.3 Å². The van der Waals surface area contributed by atoms with E-state index in [4.69, 9.17) is 0 Å². The molecule has 25 heavy (non-hydrogen) atoms. The lowest BCUT2D eigenvalue weighted by molar-refractivity contribution is 1.14. The van der Waals surface area contributed by atoms with Gasteiger partial charge in [0.2, 0.25) is 0 Å². The van der Waals surface area contributed by atoms with E-state index in [1.165, 1.54) is 5.56 Å². The van der Waals surface area contributed by atoms with Gasteiger partial charge in [-0.25, -0.2) is 9.97 Å². The normalized spacial score (nSPS) is 11.0. The molecule has 0 aliphatic heterocycles. The van der Waals surface area contributed by atoms with Crippen molar-refractivity contribution >= 4 is 49.0 Å². The number of anilines is 2. The van der Waals surface area contributed by atoms with Crippen LogP contribution < -0.4 is 5.32 Å². The molecule has 0 radical (unpaired) electrons. The van der Waals surface area contributed by atoms with Gasteiger partial charge in [0.15, 0.2) is 0 Å². The first kappa shape index (κ1) is 16.2. The minimum Gasteiger partial charge on any atom is -0.340 e. The van der Waals surface area contributed by atoms with E-state index in [1.54, 1.807) is 17.7 Å². The Morgan fingerprint density at radius 2 is 1.76 bits per heavy atom. The molecule has 4 aromatic rings. The molecule has 1 N–H and O–H groups in total. The summed E-state index contributed by atoms with van der Waals surface area (Å²) in [6, 6.07) is 16.8. The predicted octanol–water partition coefficient (Wildman–Crippen LogP) is 6.43. The van der Waals surface area contributed by atoms with Crippen LogP contribution in [0.25, 0.3) is 21.3 Å². The summed E-state index contributed by atoms with van der Waals surface area (Å²) in [6.07, 6.45) is 2.66. The van der Waals surface area contributed by atoms with Crippen LogP contribution in [0.1, 0.15) is 12.5 Å². The maximum Gasteiger partial charge on any atom is 0.143 e. The number of aromatic nitrogens is 2. The fraction of sp³-hybridized carbons (Fsp3) is 0.100. The Labute approximate surface area is 158 Å². The number of hydrogen-bond donors (Lipinski definition) is 1. The van der Waals surface area contributed by atoms with E-state index in [0.29, 0.717) is 0 Å². The lowest BCUT2D eigenvalue weighted by atomic mass is 10.1. The van der Waals surface area contributed by atoms with Crippen LogP contribution in [0.5, 0.6) is 0 Å². The predicted molar refractivity (Wildman–Crippen MR) is 110 cm³/mol. The molecule has 0 aliphatic carbocycles. The number of halogens is 1. The van der Waals surface area contributed by atoms with Crippen LogP contribution in [0.2, 0.25) is 0 Å². The molecular formula is C20H16BrN3S. The van der Waals surface area contributed by atoms with Gasteiger partial charge < -0.3 is 5.32 Å². The number of nitrogens with one attached hydrogen (secondary N) is 1. The summed E-state index contributed by atoms with van der Waals surface area (Å²) in [5, 5.41) is 6.66. The molecule has 0 saturated heterocycles. The molecule has 5 heteroatoms. The summed E-state index contributed by atoms with van der Waals surface area (Å²) in [7, 11) is 0. The second kappa shape index (κ2) is 6.94. The number of thiophene rings is 1. The van der Waals surface area contributed by atoms with E-state index < -0.39 is 0 Å². The van der Waals surface area contributed by atoms with Crippen molar-refractivity contribution in [3.63, 3.8) is 0 Å². The van der Waals surface area contributed by atoms with E-state index in [0.717, 1.165) is 43.7 Å². The smallest absolute Gasteiger partial charge is 0.143 e. The van der Waals surface area contributed by atoms with Gasteiger partial charge in [-0.15, -0.1) is 11.3 Å². The fourth-order valence-corrected chi connectivity index (χ4v) is 3.95. The molecule has 0 unspecified atom stereocenters. The lowest BCUT2D eigenvalue weighted by Gasteiger charge is -2.09. The van der Waals surface area contributed by atoms with Gasteiger partial charge in [0.05, 0.1) is 5.39 Å². The van der Waals surface area contributed by atoms with Gasteiger partial charge in [-0.1, -0.05) is 47.1 Å². The minimum absolute atomic E-state index is 0.841. The van der Waals surface area contributed by atoms with Crippen molar-refractivity contribution in [3.8, 4) is 11.1 Å². The quantitative estimate of drug-likeness (QED) is 0.422. The van der Waals surface area contributed by atoms with Crippen molar-refractivity contribution in [2.24, 2.45) is 0 Å². The van der Waals surface area contributed by atoms with Crippen molar-refractivity contribution in [2.75, 3.05) is 5.32 Å². The highest BCUT2D eigenvalue weighted by Gasteiger charge is 2.13. The monoisotopic (exact) mass is 409 g/mol. The maximum atomic E-state index is 4.50. The zero-order chi connectivity index (χ0) is 17.2. The molecule has 124 valence electrons. The Hall–Kier alpha value is -2.24. The molecule has 4 rings (SSSR count). The Morgan fingerprint density at radius 3 is 2.48 bits per heavy atom. The topological polar surface area (TPSA) is 37.8 Å². The summed E-state index contributed by atoms with van der Waals surface area (Å²) in [5.74, 6) is 0.841. The van der Waals surface area contributed by atoms with Gasteiger partial charge in [0.25, 0.3) is 0 Å². The summed E-state index contributed by atoms with van der Waals surface area (Å²) < 4.78 is 1.07. The Kier molecular flexibility index (Phi) is 4.51. The first-order chi connectivity index (χ1) is 12.2. The molecule has 3 nitrogen and oxygen atoms in total. The zero-order valence-electron chi connectivity index (χ0n) is 13.7. The van der Waals surface area contributed by atoms with Crippen molar-refractivity contribution < 1.29 is 0 Å². The molecule has 0 aliphatic rings. The highest BCUT2D eigenvalue weighted by Crippen LogP contribution is 2.37. The van der Waals surface area contributed by atoms with Crippen LogP contribution in [0.3, 0.4) is 0 Å². The molecule has 2 aromatic carbocycles. The van der Waals surface area contributed by atoms with Crippen LogP contribution in [-0.4, -0.2) is 9.97 Å². The number of fused-ring (bicyclic) bond motifs is 1. The molecule has 0 spiro atoms. The summed E-state index contributed by atoms with van der Waals surface area (Å²) in [4.78, 5) is 9.92. The second-order valence-corrected chi connectivity index (χ2v) is 7.51. The number of rotatable bonds is 4. The SMILES string of the molecule is CCc1ccc(Nc2ncnc3scc(-c4ccc(Br)cc4)c23)cc1. The fourth-order valence-electron chi connectivity index (χ4n) is 2.77. The number of benzene rings is 2. The van der Waals surface area contributed by atoms with E-state index in [2.05, 4.69) is 92.0 Å². The zero-order valence-corrected chi connectivity index (χ0v) is 16.1. The average molecular weight is 410 g/mol. The van der Waals surface area contributed by atoms with Crippen molar-refractivity contribution in [2.45, 2.75) is 13.3 Å². The van der Waals surface area contributed by atoms with Gasteiger partial charge >= 0.3 is 0 Å². The third-order valence-corrected chi connectivity index (χ3v) is 5.57. The second-order valence-electron chi connectivity index (χ2n) is 5.73. The highest BCUT2D eigenvalue weighted by atomic mass is 79.9. The summed E-state index contributed by atoms with van der Waals surface area (Å²) >= 11 is 5.14. The van der Waals surface area contributed by atoms with E-state index in [9.17, 15) is 0 Å². The third-order valence-electron chi connectivity index (χ3n) is 4.15. The standard InChI is InChI=1S/C20H16BrN3S/c1-2-13-3-9-16(10-4-13)24-19-18-17(11-25-20(18)23-12-22-19)14-5-7-15(21)8-6-14/h3-12H,2H2,1H3,(H,22,23,24). The first-order valence-electron chi connectivity index (χ1n) is 8.08. The van der Waals surface area contributed by atoms with Crippen LogP contribution >= 0.6 is 27.3 Å². The molecule has 2 aromatic heterocycles. The Morgan fingerprint density at radius 1 is 1.00 bits per heavy atom.